The average Bonchev–Trinajstić information content (AvgIpc) is 2.72. The molecule has 0 saturated heterocycles. The molecule has 2 aromatic carbocycles. The van der Waals surface area contributed by atoms with Crippen molar-refractivity contribution in [3.05, 3.63) is 108 Å². The Bertz CT molecular complexity index is 768. The molecule has 2 atom stereocenters. The van der Waals surface area contributed by atoms with Crippen LogP contribution in [0.1, 0.15) is 23.2 Å². The smallest absolute Gasteiger partial charge is 0.0715 e. The van der Waals surface area contributed by atoms with E-state index in [1.54, 1.807) is 11.9 Å². The maximum atomic E-state index is 3.65. The van der Waals surface area contributed by atoms with Gasteiger partial charge in [0.25, 0.3) is 0 Å². The van der Waals surface area contributed by atoms with Crippen molar-refractivity contribution in [3.8, 4) is 0 Å². The van der Waals surface area contributed by atoms with Gasteiger partial charge in [0.15, 0.2) is 0 Å². The Morgan fingerprint density at radius 1 is 0.962 bits per heavy atom. The van der Waals surface area contributed by atoms with Crippen molar-refractivity contribution >= 4 is 11.9 Å². The Morgan fingerprint density at radius 3 is 2.19 bits per heavy atom. The predicted octanol–water partition coefficient (Wildman–Crippen LogP) is 4.78. The van der Waals surface area contributed by atoms with Crippen molar-refractivity contribution in [2.75, 3.05) is 13.3 Å². The zero-order valence-corrected chi connectivity index (χ0v) is 16.0. The van der Waals surface area contributed by atoms with Crippen LogP contribution in [0.2, 0.25) is 0 Å². The second kappa shape index (κ2) is 9.32. The third-order valence-corrected chi connectivity index (χ3v) is 5.25. The minimum Gasteiger partial charge on any atom is -0.380 e. The first-order chi connectivity index (χ1) is 12.8. The van der Waals surface area contributed by atoms with Gasteiger partial charge in [0.1, 0.15) is 0 Å². The van der Waals surface area contributed by atoms with E-state index in [1.807, 2.05) is 18.4 Å². The Balaban J connectivity index is 1.96. The van der Waals surface area contributed by atoms with E-state index in [-0.39, 0.29) is 12.1 Å². The van der Waals surface area contributed by atoms with Crippen molar-refractivity contribution < 1.29 is 0 Å². The van der Waals surface area contributed by atoms with Crippen LogP contribution >= 0.6 is 11.9 Å². The third kappa shape index (κ3) is 4.59. The molecule has 0 saturated carbocycles. The summed E-state index contributed by atoms with van der Waals surface area (Å²) in [6.45, 7) is 0. The fraction of sp³-hybridized carbons (Fsp3) is 0.182. The number of likely N-dealkylation sites (N-methyl/N-ethyl adjacent to an activating group) is 1. The van der Waals surface area contributed by atoms with Gasteiger partial charge >= 0.3 is 0 Å². The minimum absolute atomic E-state index is 0.115. The first-order valence-electron chi connectivity index (χ1n) is 8.72. The minimum atomic E-state index is 0.115. The number of dihydropyridines is 1. The molecule has 0 aliphatic carbocycles. The third-order valence-electron chi connectivity index (χ3n) is 4.45. The van der Waals surface area contributed by atoms with Gasteiger partial charge in [-0.15, -0.1) is 0 Å². The van der Waals surface area contributed by atoms with Crippen LogP contribution < -0.4 is 10.6 Å². The van der Waals surface area contributed by atoms with Gasteiger partial charge in [-0.05, 0) is 36.6 Å². The van der Waals surface area contributed by atoms with Gasteiger partial charge in [-0.25, -0.2) is 4.31 Å². The molecule has 3 rings (SSSR count). The second-order valence-electron chi connectivity index (χ2n) is 6.10. The number of rotatable bonds is 7. The van der Waals surface area contributed by atoms with Crippen LogP contribution in [-0.4, -0.2) is 17.6 Å². The second-order valence-corrected chi connectivity index (χ2v) is 7.04. The van der Waals surface area contributed by atoms with Crippen molar-refractivity contribution in [1.82, 2.24) is 14.9 Å². The number of nitrogens with one attached hydrogen (secondary N) is 2. The quantitative estimate of drug-likeness (QED) is 0.692. The van der Waals surface area contributed by atoms with Gasteiger partial charge in [-0.2, -0.15) is 0 Å². The summed E-state index contributed by atoms with van der Waals surface area (Å²) in [6, 6.07) is 21.6. The highest BCUT2D eigenvalue weighted by Gasteiger charge is 2.27. The van der Waals surface area contributed by atoms with Gasteiger partial charge in [0.05, 0.1) is 17.8 Å². The molecule has 2 aromatic rings. The van der Waals surface area contributed by atoms with Crippen molar-refractivity contribution in [2.24, 2.45) is 0 Å². The summed E-state index contributed by atoms with van der Waals surface area (Å²) in [6.07, 6.45) is 12.2. The molecule has 3 nitrogen and oxygen atoms in total. The number of benzene rings is 2. The molecule has 1 aliphatic rings. The predicted molar refractivity (Wildman–Crippen MR) is 112 cm³/mol. The first-order valence-corrected chi connectivity index (χ1v) is 9.90. The molecule has 0 fully saturated rings. The fourth-order valence-corrected chi connectivity index (χ4v) is 3.55. The van der Waals surface area contributed by atoms with E-state index in [9.17, 15) is 0 Å². The van der Waals surface area contributed by atoms with Gasteiger partial charge < -0.3 is 10.6 Å². The van der Waals surface area contributed by atoms with E-state index >= 15 is 0 Å². The molecule has 0 unspecified atom stereocenters. The topological polar surface area (TPSA) is 27.3 Å². The van der Waals surface area contributed by atoms with E-state index in [1.165, 1.54) is 11.1 Å². The van der Waals surface area contributed by atoms with E-state index in [2.05, 4.69) is 101 Å². The van der Waals surface area contributed by atoms with E-state index in [0.717, 1.165) is 5.70 Å². The monoisotopic (exact) mass is 363 g/mol. The molecule has 0 spiro atoms. The van der Waals surface area contributed by atoms with Crippen LogP contribution in [0.4, 0.5) is 0 Å². The van der Waals surface area contributed by atoms with Crippen LogP contribution in [0.3, 0.4) is 0 Å². The highest BCUT2D eigenvalue weighted by Crippen LogP contribution is 2.36. The van der Waals surface area contributed by atoms with Crippen LogP contribution in [-0.2, 0) is 0 Å². The molecule has 2 N–H and O–H groups in total. The maximum Gasteiger partial charge on any atom is 0.0715 e. The van der Waals surface area contributed by atoms with Gasteiger partial charge in [-0.1, -0.05) is 78.7 Å². The lowest BCUT2D eigenvalue weighted by molar-refractivity contribution is 0.333. The zero-order valence-electron chi connectivity index (χ0n) is 15.2. The van der Waals surface area contributed by atoms with Crippen LogP contribution in [0.5, 0.6) is 0 Å². The summed E-state index contributed by atoms with van der Waals surface area (Å²) in [5.74, 6) is 0. The number of hydrogen-bond donors (Lipinski definition) is 2. The van der Waals surface area contributed by atoms with Crippen LogP contribution in [0, 0.1) is 0 Å². The summed E-state index contributed by atoms with van der Waals surface area (Å²) in [7, 11) is 2.15. The maximum absolute atomic E-state index is 3.65. The molecule has 0 aromatic heterocycles. The van der Waals surface area contributed by atoms with Crippen LogP contribution in [0.25, 0.3) is 0 Å². The number of nitrogens with zero attached hydrogens (tertiary/aromatic N) is 1. The Labute approximate surface area is 160 Å². The van der Waals surface area contributed by atoms with E-state index in [4.69, 9.17) is 0 Å². The lowest BCUT2D eigenvalue weighted by Crippen LogP contribution is -2.32. The highest BCUT2D eigenvalue weighted by molar-refractivity contribution is 7.96. The number of allylic oxidation sites excluding steroid dienone is 3. The van der Waals surface area contributed by atoms with Crippen LogP contribution in [0.15, 0.2) is 97.0 Å². The summed E-state index contributed by atoms with van der Waals surface area (Å²) in [4.78, 5) is 0. The van der Waals surface area contributed by atoms with Crippen molar-refractivity contribution in [1.29, 1.82) is 0 Å². The summed E-state index contributed by atoms with van der Waals surface area (Å²) in [5, 5.41) is 6.92. The molecule has 0 radical (unpaired) electrons. The molecular weight excluding hydrogens is 338 g/mol. The Morgan fingerprint density at radius 2 is 1.62 bits per heavy atom. The SMILES string of the molecule is CSN(C)[C@H](c1ccccc1)[C@H](N/C=C1/C=CC=CN1)c1ccccc1. The molecule has 0 bridgehead atoms. The highest BCUT2D eigenvalue weighted by atomic mass is 32.2. The molecule has 134 valence electrons. The lowest BCUT2D eigenvalue weighted by atomic mass is 9.93. The molecule has 0 amide bonds. The van der Waals surface area contributed by atoms with Gasteiger partial charge in [-0.3, -0.25) is 0 Å². The Hall–Kier alpha value is -2.43. The standard InChI is InChI=1S/C22H25N3S/c1-25(26-2)22(19-13-7-4-8-14-19)21(18-11-5-3-6-12-18)24-17-20-15-9-10-16-23-20/h3-17,21-24H,1-2H3/b20-17-/t21-,22-/m1/s1. The first kappa shape index (κ1) is 18.4. The zero-order chi connectivity index (χ0) is 18.2. The molecule has 4 heteroatoms. The molecule has 1 aliphatic heterocycles. The Kier molecular flexibility index (Phi) is 6.58. The lowest BCUT2D eigenvalue weighted by Gasteiger charge is -2.34. The van der Waals surface area contributed by atoms with Gasteiger partial charge in [0, 0.05) is 12.4 Å². The average molecular weight is 364 g/mol. The summed E-state index contributed by atoms with van der Waals surface area (Å²) in [5.41, 5.74) is 3.60. The van der Waals surface area contributed by atoms with E-state index < -0.39 is 0 Å². The molecule has 26 heavy (non-hydrogen) atoms. The summed E-state index contributed by atoms with van der Waals surface area (Å²) < 4.78 is 2.31. The summed E-state index contributed by atoms with van der Waals surface area (Å²) >= 11 is 1.74. The van der Waals surface area contributed by atoms with Crippen molar-refractivity contribution in [2.45, 2.75) is 12.1 Å². The molecular formula is C22H25N3S. The normalized spacial score (nSPS) is 17.1. The van der Waals surface area contributed by atoms with Crippen molar-refractivity contribution in [3.63, 3.8) is 0 Å². The molecule has 1 heterocycles. The van der Waals surface area contributed by atoms with E-state index in [0.29, 0.717) is 0 Å². The van der Waals surface area contributed by atoms with Gasteiger partial charge in [0.2, 0.25) is 0 Å². The number of hydrogen-bond acceptors (Lipinski definition) is 4. The fourth-order valence-electron chi connectivity index (χ4n) is 3.08. The largest absolute Gasteiger partial charge is 0.380 e.